The molecule has 1 atom stereocenters. The summed E-state index contributed by atoms with van der Waals surface area (Å²) in [6, 6.07) is 9.20. The minimum absolute atomic E-state index is 0.222. The Balaban J connectivity index is 1.88. The topological polar surface area (TPSA) is 77.2 Å². The number of rotatable bonds is 4. The first kappa shape index (κ1) is 12.9. The third-order valence-corrected chi connectivity index (χ3v) is 3.52. The van der Waals surface area contributed by atoms with Gasteiger partial charge in [-0.15, -0.1) is 0 Å². The molecule has 1 aromatic carbocycles. The number of nitrogens with two attached hydrogens (primary N) is 1. The highest BCUT2D eigenvalue weighted by Crippen LogP contribution is 2.21. The Morgan fingerprint density at radius 1 is 1.45 bits per heavy atom. The van der Waals surface area contributed by atoms with Crippen molar-refractivity contribution in [2.75, 3.05) is 18.5 Å². The van der Waals surface area contributed by atoms with Gasteiger partial charge in [0.15, 0.2) is 0 Å². The molecule has 3 rings (SSSR count). The van der Waals surface area contributed by atoms with Gasteiger partial charge in [0.1, 0.15) is 5.82 Å². The molecule has 2 aromatic rings. The van der Waals surface area contributed by atoms with Crippen LogP contribution in [0.15, 0.2) is 30.3 Å². The number of para-hydroxylation sites is 1. The molecule has 1 fully saturated rings. The first-order valence-electron chi connectivity index (χ1n) is 6.79. The third kappa shape index (κ3) is 2.58. The van der Waals surface area contributed by atoms with Gasteiger partial charge in [-0.25, -0.2) is 4.98 Å². The maximum absolute atomic E-state index is 11.6. The van der Waals surface area contributed by atoms with Gasteiger partial charge in [0.25, 0.3) is 0 Å². The molecular weight excluding hydrogens is 254 g/mol. The van der Waals surface area contributed by atoms with E-state index < -0.39 is 5.91 Å². The van der Waals surface area contributed by atoms with E-state index in [4.69, 9.17) is 10.5 Å². The van der Waals surface area contributed by atoms with E-state index in [1.54, 1.807) is 6.07 Å². The van der Waals surface area contributed by atoms with Crippen LogP contribution in [0.25, 0.3) is 10.9 Å². The number of aromatic nitrogens is 1. The first-order valence-corrected chi connectivity index (χ1v) is 6.79. The van der Waals surface area contributed by atoms with Gasteiger partial charge in [0.05, 0.1) is 17.2 Å². The smallest absolute Gasteiger partial charge is 0.249 e. The van der Waals surface area contributed by atoms with Crippen LogP contribution in [0.2, 0.25) is 0 Å². The zero-order valence-electron chi connectivity index (χ0n) is 11.1. The SMILES string of the molecule is NC(=O)c1cc(NCC2CCCO2)nc2ccccc12. The summed E-state index contributed by atoms with van der Waals surface area (Å²) in [6.07, 6.45) is 2.38. The lowest BCUT2D eigenvalue weighted by molar-refractivity contribution is 0.100. The second kappa shape index (κ2) is 5.46. The molecule has 0 spiro atoms. The maximum Gasteiger partial charge on any atom is 0.249 e. The average Bonchev–Trinajstić information content (AvgIpc) is 2.97. The fraction of sp³-hybridized carbons (Fsp3) is 0.333. The molecule has 1 aliphatic heterocycles. The largest absolute Gasteiger partial charge is 0.376 e. The van der Waals surface area contributed by atoms with Crippen molar-refractivity contribution >= 4 is 22.6 Å². The Morgan fingerprint density at radius 2 is 2.30 bits per heavy atom. The van der Waals surface area contributed by atoms with Crippen molar-refractivity contribution in [1.82, 2.24) is 4.98 Å². The van der Waals surface area contributed by atoms with E-state index in [9.17, 15) is 4.79 Å². The Kier molecular flexibility index (Phi) is 3.52. The number of carbonyl (C=O) groups excluding carboxylic acids is 1. The molecule has 5 nitrogen and oxygen atoms in total. The summed E-state index contributed by atoms with van der Waals surface area (Å²) in [5, 5.41) is 4.01. The lowest BCUT2D eigenvalue weighted by Crippen LogP contribution is -2.19. The molecule has 1 saturated heterocycles. The van der Waals surface area contributed by atoms with Crippen LogP contribution in [0.3, 0.4) is 0 Å². The molecule has 5 heteroatoms. The summed E-state index contributed by atoms with van der Waals surface area (Å²) in [4.78, 5) is 16.1. The zero-order chi connectivity index (χ0) is 13.9. The van der Waals surface area contributed by atoms with Crippen molar-refractivity contribution in [2.45, 2.75) is 18.9 Å². The number of amides is 1. The highest BCUT2D eigenvalue weighted by molar-refractivity contribution is 6.06. The fourth-order valence-corrected chi connectivity index (χ4v) is 2.49. The van der Waals surface area contributed by atoms with Crippen LogP contribution in [-0.2, 0) is 4.74 Å². The number of hydrogen-bond acceptors (Lipinski definition) is 4. The number of nitrogens with one attached hydrogen (secondary N) is 1. The van der Waals surface area contributed by atoms with Crippen LogP contribution in [0.1, 0.15) is 23.2 Å². The van der Waals surface area contributed by atoms with E-state index in [0.29, 0.717) is 17.9 Å². The average molecular weight is 271 g/mol. The predicted molar refractivity (Wildman–Crippen MR) is 77.7 cm³/mol. The summed E-state index contributed by atoms with van der Waals surface area (Å²) < 4.78 is 5.56. The molecule has 20 heavy (non-hydrogen) atoms. The van der Waals surface area contributed by atoms with Crippen molar-refractivity contribution < 1.29 is 9.53 Å². The number of carbonyl (C=O) groups is 1. The standard InChI is InChI=1S/C15H17N3O2/c16-15(19)12-8-14(17-9-10-4-3-7-20-10)18-13-6-2-1-5-11(12)13/h1-2,5-6,8,10H,3-4,7,9H2,(H2,16,19)(H,17,18). The molecule has 0 bridgehead atoms. The highest BCUT2D eigenvalue weighted by atomic mass is 16.5. The van der Waals surface area contributed by atoms with E-state index in [-0.39, 0.29) is 6.10 Å². The predicted octanol–water partition coefficient (Wildman–Crippen LogP) is 1.92. The summed E-state index contributed by atoms with van der Waals surface area (Å²) in [5.74, 6) is 0.219. The van der Waals surface area contributed by atoms with E-state index in [0.717, 1.165) is 30.4 Å². The van der Waals surface area contributed by atoms with Gasteiger partial charge in [-0.1, -0.05) is 18.2 Å². The molecule has 1 unspecified atom stereocenters. The Labute approximate surface area is 117 Å². The minimum atomic E-state index is -0.441. The Hall–Kier alpha value is -2.14. The number of anilines is 1. The van der Waals surface area contributed by atoms with E-state index in [1.807, 2.05) is 24.3 Å². The first-order chi connectivity index (χ1) is 9.74. The quantitative estimate of drug-likeness (QED) is 0.890. The summed E-state index contributed by atoms with van der Waals surface area (Å²) in [6.45, 7) is 1.52. The van der Waals surface area contributed by atoms with Crippen molar-refractivity contribution in [3.63, 3.8) is 0 Å². The van der Waals surface area contributed by atoms with Crippen LogP contribution in [-0.4, -0.2) is 30.1 Å². The molecule has 0 saturated carbocycles. The van der Waals surface area contributed by atoms with Gasteiger partial charge < -0.3 is 15.8 Å². The molecule has 2 heterocycles. The van der Waals surface area contributed by atoms with Gasteiger partial charge in [-0.05, 0) is 25.0 Å². The normalized spacial score (nSPS) is 18.3. The Morgan fingerprint density at radius 3 is 3.05 bits per heavy atom. The molecule has 1 amide bonds. The monoisotopic (exact) mass is 271 g/mol. The number of ether oxygens (including phenoxy) is 1. The molecule has 3 N–H and O–H groups in total. The van der Waals surface area contributed by atoms with Crippen molar-refractivity contribution in [3.05, 3.63) is 35.9 Å². The van der Waals surface area contributed by atoms with Crippen LogP contribution in [0.4, 0.5) is 5.82 Å². The van der Waals surface area contributed by atoms with Crippen LogP contribution in [0.5, 0.6) is 0 Å². The number of nitrogens with zero attached hydrogens (tertiary/aromatic N) is 1. The van der Waals surface area contributed by atoms with Crippen LogP contribution in [0, 0.1) is 0 Å². The number of hydrogen-bond donors (Lipinski definition) is 2. The van der Waals surface area contributed by atoms with Crippen molar-refractivity contribution in [3.8, 4) is 0 Å². The highest BCUT2D eigenvalue weighted by Gasteiger charge is 2.16. The summed E-state index contributed by atoms with van der Waals surface area (Å²) in [5.41, 5.74) is 6.70. The number of benzene rings is 1. The number of fused-ring (bicyclic) bond motifs is 1. The second-order valence-electron chi connectivity index (χ2n) is 4.95. The zero-order valence-corrected chi connectivity index (χ0v) is 11.1. The molecule has 0 aliphatic carbocycles. The van der Waals surface area contributed by atoms with Crippen LogP contribution >= 0.6 is 0 Å². The number of pyridine rings is 1. The number of primary amides is 1. The minimum Gasteiger partial charge on any atom is -0.376 e. The van der Waals surface area contributed by atoms with E-state index in [2.05, 4.69) is 10.3 Å². The van der Waals surface area contributed by atoms with Crippen molar-refractivity contribution in [2.24, 2.45) is 5.73 Å². The van der Waals surface area contributed by atoms with Crippen LogP contribution < -0.4 is 11.1 Å². The van der Waals surface area contributed by atoms with Gasteiger partial charge in [0.2, 0.25) is 5.91 Å². The van der Waals surface area contributed by atoms with Crippen molar-refractivity contribution in [1.29, 1.82) is 0 Å². The molecule has 1 aliphatic rings. The van der Waals surface area contributed by atoms with E-state index in [1.165, 1.54) is 0 Å². The Bertz CT molecular complexity index is 636. The maximum atomic E-state index is 11.6. The molecule has 104 valence electrons. The van der Waals surface area contributed by atoms with Gasteiger partial charge in [0, 0.05) is 18.5 Å². The molecule has 0 radical (unpaired) electrons. The lowest BCUT2D eigenvalue weighted by Gasteiger charge is -2.13. The van der Waals surface area contributed by atoms with Gasteiger partial charge in [-0.2, -0.15) is 0 Å². The van der Waals surface area contributed by atoms with Gasteiger partial charge >= 0.3 is 0 Å². The second-order valence-corrected chi connectivity index (χ2v) is 4.95. The third-order valence-electron chi connectivity index (χ3n) is 3.52. The molecule has 1 aromatic heterocycles. The van der Waals surface area contributed by atoms with Gasteiger partial charge in [-0.3, -0.25) is 4.79 Å². The summed E-state index contributed by atoms with van der Waals surface area (Å²) in [7, 11) is 0. The fourth-order valence-electron chi connectivity index (χ4n) is 2.49. The summed E-state index contributed by atoms with van der Waals surface area (Å²) >= 11 is 0. The molecular formula is C15H17N3O2. The lowest BCUT2D eigenvalue weighted by atomic mass is 10.1. The van der Waals surface area contributed by atoms with E-state index >= 15 is 0 Å².